The van der Waals surface area contributed by atoms with E-state index in [1.807, 2.05) is 35.7 Å². The molecule has 4 aliphatic carbocycles. The Balaban J connectivity index is 1.07. The molecule has 8 rings (SSSR count). The summed E-state index contributed by atoms with van der Waals surface area (Å²) in [4.78, 5) is 31.1. The first-order valence-corrected chi connectivity index (χ1v) is 21.7. The lowest BCUT2D eigenvalue weighted by Gasteiger charge is -2.55. The maximum atomic E-state index is 15.5. The second kappa shape index (κ2) is 15.0. The van der Waals surface area contributed by atoms with Crippen LogP contribution in [0, 0.1) is 30.0 Å². The zero-order valence-corrected chi connectivity index (χ0v) is 33.2. The molecule has 5 aliphatic rings. The van der Waals surface area contributed by atoms with Gasteiger partial charge < -0.3 is 19.3 Å². The molecule has 0 atom stereocenters. The summed E-state index contributed by atoms with van der Waals surface area (Å²) in [6.45, 7) is 7.51. The lowest BCUT2D eigenvalue weighted by Crippen LogP contribution is -2.53. The fourth-order valence-corrected chi connectivity index (χ4v) is 10.6. The number of anilines is 1. The van der Waals surface area contributed by atoms with Crippen molar-refractivity contribution >= 4 is 27.5 Å². The van der Waals surface area contributed by atoms with Gasteiger partial charge in [0.15, 0.2) is 0 Å². The van der Waals surface area contributed by atoms with Gasteiger partial charge in [-0.3, -0.25) is 9.48 Å². The maximum absolute atomic E-state index is 15.5. The summed E-state index contributed by atoms with van der Waals surface area (Å²) in [5.74, 6) is 0.372. The van der Waals surface area contributed by atoms with Crippen LogP contribution in [0.4, 0.5) is 14.9 Å². The third-order valence-corrected chi connectivity index (χ3v) is 14.0. The number of hydrogen-bond acceptors (Lipinski definition) is 7. The predicted molar refractivity (Wildman–Crippen MR) is 207 cm³/mol. The van der Waals surface area contributed by atoms with Gasteiger partial charge in [0, 0.05) is 66.8 Å². The molecule has 2 bridgehead atoms. The molecule has 1 aliphatic heterocycles. The molecule has 1 aromatic heterocycles. The van der Waals surface area contributed by atoms with Gasteiger partial charge in [-0.1, -0.05) is 12.1 Å². The van der Waals surface area contributed by atoms with Crippen molar-refractivity contribution in [2.45, 2.75) is 103 Å². The van der Waals surface area contributed by atoms with E-state index in [4.69, 9.17) is 9.47 Å². The Hall–Kier alpha value is -3.93. The lowest BCUT2D eigenvalue weighted by atomic mass is 9.51. The highest BCUT2D eigenvalue weighted by Crippen LogP contribution is 2.58. The molecule has 0 N–H and O–H groups in total. The Morgan fingerprint density at radius 3 is 2.28 bits per heavy atom. The number of aromatic nitrogens is 2. The molecule has 292 valence electrons. The lowest BCUT2D eigenvalue weighted by molar-refractivity contribution is -0.124. The van der Waals surface area contributed by atoms with Gasteiger partial charge in [0.25, 0.3) is 0 Å². The Morgan fingerprint density at radius 1 is 1.00 bits per heavy atom. The van der Waals surface area contributed by atoms with E-state index < -0.39 is 15.9 Å². The monoisotopic (exact) mass is 762 g/mol. The van der Waals surface area contributed by atoms with E-state index in [9.17, 15) is 18.0 Å². The topological polar surface area (TPSA) is 111 Å². The largest absolute Gasteiger partial charge is 0.496 e. The number of ether oxygens (including phenoxy) is 2. The summed E-state index contributed by atoms with van der Waals surface area (Å²) in [7, 11) is -1.39. The van der Waals surface area contributed by atoms with E-state index in [2.05, 4.69) is 30.2 Å². The number of carbonyl (C=O) groups excluding carboxylic acids is 2. The molecule has 54 heavy (non-hydrogen) atoms. The van der Waals surface area contributed by atoms with Gasteiger partial charge in [0.2, 0.25) is 5.91 Å². The summed E-state index contributed by atoms with van der Waals surface area (Å²) in [6, 6.07) is 11.8. The van der Waals surface area contributed by atoms with Crippen LogP contribution in [0.3, 0.4) is 0 Å². The number of nitrogens with zero attached hydrogens (tertiary/aromatic N) is 4. The summed E-state index contributed by atoms with van der Waals surface area (Å²) in [5, 5.41) is 4.45. The average Bonchev–Trinajstić information content (AvgIpc) is 3.63. The van der Waals surface area contributed by atoms with Crippen molar-refractivity contribution in [1.29, 1.82) is 0 Å². The number of carbonyl (C=O) groups is 2. The van der Waals surface area contributed by atoms with Gasteiger partial charge >= 0.3 is 6.09 Å². The second-order valence-corrected chi connectivity index (χ2v) is 19.3. The second-order valence-electron chi connectivity index (χ2n) is 17.1. The molecular formula is C42H55FN4O6S. The molecule has 1 saturated heterocycles. The highest BCUT2D eigenvalue weighted by molar-refractivity contribution is 7.90. The minimum Gasteiger partial charge on any atom is -0.496 e. The van der Waals surface area contributed by atoms with Crippen molar-refractivity contribution in [3.8, 4) is 16.9 Å². The Bertz CT molecular complexity index is 1960. The molecule has 10 nitrogen and oxygen atoms in total. The van der Waals surface area contributed by atoms with Crippen molar-refractivity contribution in [2.75, 3.05) is 43.7 Å². The molecule has 0 radical (unpaired) electrons. The Labute approximate surface area is 319 Å². The Morgan fingerprint density at radius 2 is 1.69 bits per heavy atom. The minimum atomic E-state index is -3.10. The van der Waals surface area contributed by atoms with Gasteiger partial charge in [-0.05, 0) is 131 Å². The summed E-state index contributed by atoms with van der Waals surface area (Å²) in [6.07, 6.45) is 12.6. The third kappa shape index (κ3) is 7.91. The van der Waals surface area contributed by atoms with E-state index in [1.54, 1.807) is 24.3 Å². The van der Waals surface area contributed by atoms with Crippen LogP contribution in [-0.4, -0.2) is 80.0 Å². The van der Waals surface area contributed by atoms with Crippen molar-refractivity contribution in [3.05, 3.63) is 65.7 Å². The van der Waals surface area contributed by atoms with Gasteiger partial charge in [0.05, 0.1) is 19.1 Å². The standard InChI is InChI=1S/C42H55FN4O6S/c1-28(2)47-25-32(22-44-47)36-21-34(9-12-37(36)43)46(27-41-14-17-42(18-15-41,19-16-41)33-8-13-38(52-4)29(3)20-33)39(48)31-6-10-35(11-7-31)53-40(49)45-23-30(24-45)26-54(5,50)51/h8-9,12-13,20-22,25,28,30-31,35H,6-7,10-11,14-19,23-24,26-27H2,1-5H3. The smallest absolute Gasteiger partial charge is 0.410 e. The number of sulfone groups is 1. The van der Waals surface area contributed by atoms with Crippen LogP contribution in [0.5, 0.6) is 5.75 Å². The molecule has 4 saturated carbocycles. The SMILES string of the molecule is COc1ccc(C23CCC(CN(C(=O)C4CCC(OC(=O)N5CC(CS(C)(=O)=O)C5)CC4)c4ccc(F)c(-c5cnn(C(C)C)c5)c4)(CC2)CC3)cc1C. The fraction of sp³-hybridized carbons (Fsp3) is 0.595. The molecule has 3 aromatic rings. The summed E-state index contributed by atoms with van der Waals surface area (Å²) >= 11 is 0. The minimum absolute atomic E-state index is 0.0328. The molecule has 2 heterocycles. The van der Waals surface area contributed by atoms with Crippen molar-refractivity contribution in [2.24, 2.45) is 17.3 Å². The first kappa shape index (κ1) is 38.3. The van der Waals surface area contributed by atoms with E-state index >= 15 is 4.39 Å². The molecule has 2 aromatic carbocycles. The van der Waals surface area contributed by atoms with Crippen LogP contribution in [-0.2, 0) is 24.8 Å². The van der Waals surface area contributed by atoms with Gasteiger partial charge in [0.1, 0.15) is 27.5 Å². The molecule has 0 spiro atoms. The van der Waals surface area contributed by atoms with Gasteiger partial charge in [-0.25, -0.2) is 17.6 Å². The highest BCUT2D eigenvalue weighted by atomic mass is 32.2. The zero-order valence-electron chi connectivity index (χ0n) is 32.4. The number of amides is 2. The normalized spacial score (nSPS) is 25.7. The van der Waals surface area contributed by atoms with E-state index in [1.165, 1.54) is 17.9 Å². The molecule has 5 fully saturated rings. The number of hydrogen-bond donors (Lipinski definition) is 0. The maximum Gasteiger partial charge on any atom is 0.410 e. The number of rotatable bonds is 11. The quantitative estimate of drug-likeness (QED) is 0.196. The zero-order chi connectivity index (χ0) is 38.4. The van der Waals surface area contributed by atoms with Crippen LogP contribution in [0.1, 0.15) is 95.2 Å². The first-order valence-electron chi connectivity index (χ1n) is 19.6. The average molecular weight is 763 g/mol. The molecule has 12 heteroatoms. The van der Waals surface area contributed by atoms with Crippen LogP contribution in [0.25, 0.3) is 11.1 Å². The Kier molecular flexibility index (Phi) is 10.6. The predicted octanol–water partition coefficient (Wildman–Crippen LogP) is 7.88. The first-order chi connectivity index (χ1) is 25.7. The van der Waals surface area contributed by atoms with Crippen LogP contribution < -0.4 is 9.64 Å². The number of aryl methyl sites for hydroxylation is 1. The molecule has 2 amide bonds. The summed E-state index contributed by atoms with van der Waals surface area (Å²) in [5.41, 5.74) is 4.44. The van der Waals surface area contributed by atoms with Crippen LogP contribution in [0.15, 0.2) is 48.8 Å². The number of likely N-dealkylation sites (tertiary alicyclic amines) is 1. The fourth-order valence-electron chi connectivity index (χ4n) is 9.55. The molecule has 0 unspecified atom stereocenters. The van der Waals surface area contributed by atoms with Crippen molar-refractivity contribution in [1.82, 2.24) is 14.7 Å². The molecular weight excluding hydrogens is 708 g/mol. The van der Waals surface area contributed by atoms with Gasteiger partial charge in [-0.15, -0.1) is 0 Å². The number of methoxy groups -OCH3 is 1. The van der Waals surface area contributed by atoms with E-state index in [-0.39, 0.29) is 52.3 Å². The summed E-state index contributed by atoms with van der Waals surface area (Å²) < 4.78 is 51.9. The third-order valence-electron chi connectivity index (χ3n) is 12.9. The van der Waals surface area contributed by atoms with Crippen LogP contribution in [0.2, 0.25) is 0 Å². The van der Waals surface area contributed by atoms with Gasteiger partial charge in [-0.2, -0.15) is 5.10 Å². The number of fused-ring (bicyclic) bond motifs is 3. The van der Waals surface area contributed by atoms with Crippen molar-refractivity contribution < 1.29 is 31.9 Å². The van der Waals surface area contributed by atoms with Crippen LogP contribution >= 0.6 is 0 Å². The van der Waals surface area contributed by atoms with Crippen molar-refractivity contribution in [3.63, 3.8) is 0 Å². The number of halogens is 1. The van der Waals surface area contributed by atoms with E-state index in [0.717, 1.165) is 49.8 Å². The number of benzene rings is 2. The van der Waals surface area contributed by atoms with E-state index in [0.29, 0.717) is 62.1 Å². The highest BCUT2D eigenvalue weighted by Gasteiger charge is 2.51.